The van der Waals surface area contributed by atoms with Crippen LogP contribution in [-0.4, -0.2) is 73.4 Å². The maximum atomic E-state index is 13.0. The van der Waals surface area contributed by atoms with E-state index in [4.69, 9.17) is 9.05 Å². The fourth-order valence-corrected chi connectivity index (χ4v) is 9.84. The van der Waals surface area contributed by atoms with Crippen molar-refractivity contribution in [2.24, 2.45) is 0 Å². The van der Waals surface area contributed by atoms with Gasteiger partial charge in [0, 0.05) is 6.42 Å². The zero-order valence-corrected chi connectivity index (χ0v) is 46.6. The second-order valence-corrected chi connectivity index (χ2v) is 23.2. The average molecular weight is 971 g/mol. The number of aliphatic hydroxyl groups is 1. The fraction of sp³-hybridized carbons (Fsp3) is 0.948. The van der Waals surface area contributed by atoms with E-state index in [1.165, 1.54) is 244 Å². The Hall–Kier alpha value is -0.760. The Morgan fingerprint density at radius 3 is 1.10 bits per heavy atom. The van der Waals surface area contributed by atoms with Crippen molar-refractivity contribution in [1.82, 2.24) is 5.32 Å². The molecule has 1 unspecified atom stereocenters. The molecule has 0 spiro atoms. The molecule has 8 nitrogen and oxygen atoms in total. The lowest BCUT2D eigenvalue weighted by Crippen LogP contribution is -2.45. The van der Waals surface area contributed by atoms with Gasteiger partial charge in [0.2, 0.25) is 5.91 Å². The third-order valence-electron chi connectivity index (χ3n) is 13.8. The summed E-state index contributed by atoms with van der Waals surface area (Å²) >= 11 is 0. The van der Waals surface area contributed by atoms with Crippen LogP contribution in [0.25, 0.3) is 0 Å². The summed E-state index contributed by atoms with van der Waals surface area (Å²) in [6.45, 7) is 4.85. The SMILES string of the molecule is CCCCCCCCCCCCC/C=C/[C@@H](O)[C@H](COP(=O)(O)OCC[N+](C)(C)C)NC(=O)CCCCCCCCCCCCCCCCCCCCCCCCCCCCCCCCCC. The maximum Gasteiger partial charge on any atom is 0.472 e. The van der Waals surface area contributed by atoms with E-state index >= 15 is 0 Å². The van der Waals surface area contributed by atoms with Gasteiger partial charge < -0.3 is 19.8 Å². The fourth-order valence-electron chi connectivity index (χ4n) is 9.10. The first-order valence-corrected chi connectivity index (χ1v) is 31.1. The largest absolute Gasteiger partial charge is 0.472 e. The molecule has 3 N–H and O–H groups in total. The van der Waals surface area contributed by atoms with Crippen LogP contribution in [0.3, 0.4) is 0 Å². The number of carbonyl (C=O) groups excluding carboxylic acids is 1. The minimum absolute atomic E-state index is 0.0649. The summed E-state index contributed by atoms with van der Waals surface area (Å²) in [5.74, 6) is -0.171. The van der Waals surface area contributed by atoms with Gasteiger partial charge in [0.1, 0.15) is 13.2 Å². The summed E-state index contributed by atoms with van der Waals surface area (Å²) in [5, 5.41) is 13.9. The first-order valence-electron chi connectivity index (χ1n) is 29.6. The predicted octanol–water partition coefficient (Wildman–Crippen LogP) is 17.8. The van der Waals surface area contributed by atoms with Gasteiger partial charge in [-0.25, -0.2) is 4.57 Å². The van der Waals surface area contributed by atoms with E-state index in [2.05, 4.69) is 19.2 Å². The lowest BCUT2D eigenvalue weighted by molar-refractivity contribution is -0.870. The molecular weight excluding hydrogens is 852 g/mol. The lowest BCUT2D eigenvalue weighted by Gasteiger charge is -2.25. The highest BCUT2D eigenvalue weighted by atomic mass is 31.2. The van der Waals surface area contributed by atoms with Gasteiger partial charge in [-0.2, -0.15) is 0 Å². The quantitative estimate of drug-likeness (QED) is 0.0243. The van der Waals surface area contributed by atoms with E-state index < -0.39 is 20.0 Å². The molecule has 400 valence electrons. The number of carbonyl (C=O) groups is 1. The number of allylic oxidation sites excluding steroid dienone is 1. The van der Waals surface area contributed by atoms with Crippen molar-refractivity contribution < 1.29 is 32.9 Å². The topological polar surface area (TPSA) is 105 Å². The Bertz CT molecular complexity index is 1100. The van der Waals surface area contributed by atoms with Gasteiger partial charge in [-0.05, 0) is 19.3 Å². The molecule has 0 aromatic rings. The molecule has 1 amide bonds. The molecule has 0 aromatic heterocycles. The number of hydrogen-bond acceptors (Lipinski definition) is 5. The molecule has 0 saturated heterocycles. The standard InChI is InChI=1S/C58H117N2O6P/c1-6-8-10-12-14-16-18-20-21-22-23-24-25-26-27-28-29-30-31-32-33-34-35-36-37-38-40-42-44-46-48-50-52-58(62)59-56(55-66-67(63,64)65-54-53-60(3,4)5)57(61)51-49-47-45-43-41-39-19-17-15-13-11-9-7-2/h49,51,56-57,61H,6-48,50,52-55H2,1-5H3,(H-,59,62,63,64)/p+1/b51-49+/t56-,57+/m0/s1. The van der Waals surface area contributed by atoms with Crippen LogP contribution in [0.4, 0.5) is 0 Å². The normalized spacial score (nSPS) is 14.0. The number of nitrogens with zero attached hydrogens (tertiary/aromatic N) is 1. The van der Waals surface area contributed by atoms with Crippen molar-refractivity contribution in [2.75, 3.05) is 40.9 Å². The van der Waals surface area contributed by atoms with Crippen molar-refractivity contribution in [3.8, 4) is 0 Å². The molecule has 0 aliphatic heterocycles. The van der Waals surface area contributed by atoms with Crippen molar-refractivity contribution >= 4 is 13.7 Å². The third-order valence-corrected chi connectivity index (χ3v) is 14.7. The minimum atomic E-state index is -4.34. The van der Waals surface area contributed by atoms with E-state index in [9.17, 15) is 19.4 Å². The first-order chi connectivity index (χ1) is 32.5. The number of hydrogen-bond donors (Lipinski definition) is 3. The molecule has 0 rings (SSSR count). The molecular formula is C58H118N2O6P+. The Morgan fingerprint density at radius 1 is 0.493 bits per heavy atom. The third kappa shape index (κ3) is 52.9. The minimum Gasteiger partial charge on any atom is -0.387 e. The predicted molar refractivity (Wildman–Crippen MR) is 291 cm³/mol. The number of phosphoric acid groups is 1. The summed E-state index contributed by atoms with van der Waals surface area (Å²) in [4.78, 5) is 23.2. The van der Waals surface area contributed by atoms with Gasteiger partial charge in [-0.15, -0.1) is 0 Å². The molecule has 0 heterocycles. The Morgan fingerprint density at radius 2 is 0.791 bits per heavy atom. The Balaban J connectivity index is 3.96. The van der Waals surface area contributed by atoms with Crippen molar-refractivity contribution in [1.29, 1.82) is 0 Å². The van der Waals surface area contributed by atoms with Crippen LogP contribution < -0.4 is 5.32 Å². The monoisotopic (exact) mass is 970 g/mol. The first kappa shape index (κ1) is 66.2. The molecule has 0 radical (unpaired) electrons. The number of phosphoric ester groups is 1. The maximum absolute atomic E-state index is 13.0. The Kier molecular flexibility index (Phi) is 49.6. The summed E-state index contributed by atoms with van der Waals surface area (Å²) in [6.07, 6.45) is 61.9. The number of unbranched alkanes of at least 4 members (excludes halogenated alkanes) is 42. The second-order valence-electron chi connectivity index (χ2n) is 21.7. The van der Waals surface area contributed by atoms with E-state index in [0.29, 0.717) is 17.4 Å². The van der Waals surface area contributed by atoms with Crippen LogP contribution >= 0.6 is 7.82 Å². The number of quaternary nitrogens is 1. The van der Waals surface area contributed by atoms with Gasteiger partial charge in [-0.1, -0.05) is 289 Å². The number of amides is 1. The molecule has 3 atom stereocenters. The van der Waals surface area contributed by atoms with Crippen LogP contribution in [0, 0.1) is 0 Å². The molecule has 0 aromatic carbocycles. The zero-order valence-electron chi connectivity index (χ0n) is 45.7. The van der Waals surface area contributed by atoms with Gasteiger partial charge >= 0.3 is 7.82 Å². The van der Waals surface area contributed by atoms with Crippen molar-refractivity contribution in [3.63, 3.8) is 0 Å². The molecule has 0 bridgehead atoms. The van der Waals surface area contributed by atoms with E-state index in [-0.39, 0.29) is 19.1 Å². The molecule has 0 aliphatic rings. The number of rotatable bonds is 55. The van der Waals surface area contributed by atoms with Crippen LogP contribution in [0.5, 0.6) is 0 Å². The highest BCUT2D eigenvalue weighted by Gasteiger charge is 2.27. The van der Waals surface area contributed by atoms with Gasteiger partial charge in [0.25, 0.3) is 0 Å². The zero-order chi connectivity index (χ0) is 49.2. The van der Waals surface area contributed by atoms with E-state index in [0.717, 1.165) is 38.5 Å². The average Bonchev–Trinajstić information content (AvgIpc) is 3.29. The summed E-state index contributed by atoms with van der Waals surface area (Å²) in [6, 6.07) is -0.841. The van der Waals surface area contributed by atoms with E-state index in [1.807, 2.05) is 27.2 Å². The molecule has 67 heavy (non-hydrogen) atoms. The second kappa shape index (κ2) is 50.2. The van der Waals surface area contributed by atoms with Crippen molar-refractivity contribution in [2.45, 2.75) is 315 Å². The number of nitrogens with one attached hydrogen (secondary N) is 1. The van der Waals surface area contributed by atoms with Crippen LogP contribution in [0.2, 0.25) is 0 Å². The molecule has 0 aliphatic carbocycles. The molecule has 0 saturated carbocycles. The van der Waals surface area contributed by atoms with E-state index in [1.54, 1.807) is 6.08 Å². The van der Waals surface area contributed by atoms with Crippen LogP contribution in [-0.2, 0) is 18.4 Å². The van der Waals surface area contributed by atoms with Crippen molar-refractivity contribution in [3.05, 3.63) is 12.2 Å². The smallest absolute Gasteiger partial charge is 0.387 e. The molecule has 9 heteroatoms. The van der Waals surface area contributed by atoms with Crippen LogP contribution in [0.15, 0.2) is 12.2 Å². The lowest BCUT2D eigenvalue weighted by atomic mass is 10.0. The van der Waals surface area contributed by atoms with Gasteiger partial charge in [-0.3, -0.25) is 13.8 Å². The summed E-state index contributed by atoms with van der Waals surface area (Å²) in [7, 11) is 1.59. The number of aliphatic hydroxyl groups excluding tert-OH is 1. The van der Waals surface area contributed by atoms with Gasteiger partial charge in [0.15, 0.2) is 0 Å². The summed E-state index contributed by atoms with van der Waals surface area (Å²) < 4.78 is 23.7. The van der Waals surface area contributed by atoms with Gasteiger partial charge in [0.05, 0.1) is 39.9 Å². The summed E-state index contributed by atoms with van der Waals surface area (Å²) in [5.41, 5.74) is 0. The highest BCUT2D eigenvalue weighted by Crippen LogP contribution is 2.43. The molecule has 0 fully saturated rings. The number of likely N-dealkylation sites (N-methyl/N-ethyl adjacent to an activating group) is 1. The Labute approximate surface area is 418 Å². The van der Waals surface area contributed by atoms with Crippen LogP contribution in [0.1, 0.15) is 303 Å². The highest BCUT2D eigenvalue weighted by molar-refractivity contribution is 7.47.